The molecule has 0 unspecified atom stereocenters. The van der Waals surface area contributed by atoms with Gasteiger partial charge in [0.05, 0.1) is 17.2 Å². The van der Waals surface area contributed by atoms with E-state index in [0.717, 1.165) is 42.2 Å². The first-order valence-electron chi connectivity index (χ1n) is 10.3. The Kier molecular flexibility index (Phi) is 4.89. The lowest BCUT2D eigenvalue weighted by atomic mass is 10.1. The lowest BCUT2D eigenvalue weighted by Gasteiger charge is -2.15. The zero-order valence-electron chi connectivity index (χ0n) is 17.0. The molecule has 0 saturated heterocycles. The van der Waals surface area contributed by atoms with Gasteiger partial charge in [-0.25, -0.2) is 24.3 Å². The van der Waals surface area contributed by atoms with Crippen molar-refractivity contribution in [2.24, 2.45) is 0 Å². The summed E-state index contributed by atoms with van der Waals surface area (Å²) < 4.78 is 17.0. The molecule has 0 aliphatic heterocycles. The summed E-state index contributed by atoms with van der Waals surface area (Å²) in [6, 6.07) is 9.42. The smallest absolute Gasteiger partial charge is 0.229 e. The maximum absolute atomic E-state index is 14.7. The lowest BCUT2D eigenvalue weighted by Crippen LogP contribution is -2.06. The van der Waals surface area contributed by atoms with Crippen molar-refractivity contribution in [1.29, 1.82) is 0 Å². The molecule has 0 spiro atoms. The summed E-state index contributed by atoms with van der Waals surface area (Å²) in [6.45, 7) is 2.02. The average molecular weight is 416 g/mol. The Labute approximate surface area is 178 Å². The number of aldehydes is 1. The van der Waals surface area contributed by atoms with Gasteiger partial charge in [-0.15, -0.1) is 0 Å². The van der Waals surface area contributed by atoms with Crippen LogP contribution in [0.5, 0.6) is 0 Å². The van der Waals surface area contributed by atoms with E-state index in [1.165, 1.54) is 19.0 Å². The molecule has 0 radical (unpaired) electrons. The number of hydrogen-bond acceptors (Lipinski definition) is 6. The Bertz CT molecular complexity index is 1260. The van der Waals surface area contributed by atoms with Crippen LogP contribution < -0.4 is 5.32 Å². The molecule has 0 amide bonds. The quantitative estimate of drug-likeness (QED) is 0.461. The van der Waals surface area contributed by atoms with E-state index >= 15 is 0 Å². The van der Waals surface area contributed by atoms with E-state index < -0.39 is 5.82 Å². The highest BCUT2D eigenvalue weighted by atomic mass is 19.1. The normalized spacial score (nSPS) is 14.3. The fourth-order valence-corrected chi connectivity index (χ4v) is 4.28. The summed E-state index contributed by atoms with van der Waals surface area (Å²) in [5.41, 5.74) is 3.24. The zero-order chi connectivity index (χ0) is 21.4. The average Bonchev–Trinajstić information content (AvgIpc) is 3.42. The van der Waals surface area contributed by atoms with Crippen molar-refractivity contribution in [3.63, 3.8) is 0 Å². The van der Waals surface area contributed by atoms with Crippen molar-refractivity contribution >= 4 is 29.1 Å². The predicted octanol–water partition coefficient (Wildman–Crippen LogP) is 5.01. The van der Waals surface area contributed by atoms with Crippen LogP contribution in [0, 0.1) is 12.7 Å². The molecule has 5 rings (SSSR count). The number of imidazole rings is 1. The van der Waals surface area contributed by atoms with Crippen molar-refractivity contribution in [3.05, 3.63) is 59.9 Å². The first-order chi connectivity index (χ1) is 15.1. The number of fused-ring (bicyclic) bond motifs is 1. The first-order valence-corrected chi connectivity index (χ1v) is 10.3. The number of benzene rings is 1. The molecule has 4 aromatic rings. The third-order valence-electron chi connectivity index (χ3n) is 5.74. The minimum atomic E-state index is -0.502. The SMILES string of the molecule is Cc1nc2ccc(-c3nc(Nc4ccc(C=O)cn4)ncc3F)cc2n1C1CCCC1. The number of rotatable bonds is 5. The number of aryl methyl sites for hydroxylation is 1. The fourth-order valence-electron chi connectivity index (χ4n) is 4.28. The number of nitrogens with zero attached hydrogens (tertiary/aromatic N) is 5. The second-order valence-corrected chi connectivity index (χ2v) is 7.78. The molecule has 1 saturated carbocycles. The van der Waals surface area contributed by atoms with Crippen LogP contribution in [0.2, 0.25) is 0 Å². The van der Waals surface area contributed by atoms with E-state index in [-0.39, 0.29) is 11.6 Å². The number of hydrogen-bond donors (Lipinski definition) is 1. The van der Waals surface area contributed by atoms with E-state index in [1.807, 2.05) is 25.1 Å². The Morgan fingerprint density at radius 3 is 2.68 bits per heavy atom. The number of pyridine rings is 1. The van der Waals surface area contributed by atoms with Gasteiger partial charge in [-0.05, 0) is 44.0 Å². The van der Waals surface area contributed by atoms with Gasteiger partial charge in [0.15, 0.2) is 12.1 Å². The van der Waals surface area contributed by atoms with E-state index in [1.54, 1.807) is 12.1 Å². The topological polar surface area (TPSA) is 85.6 Å². The molecule has 1 N–H and O–H groups in total. The molecule has 1 aliphatic carbocycles. The molecule has 3 aromatic heterocycles. The largest absolute Gasteiger partial charge is 0.325 e. The predicted molar refractivity (Wildman–Crippen MR) is 116 cm³/mol. The van der Waals surface area contributed by atoms with Gasteiger partial charge >= 0.3 is 0 Å². The van der Waals surface area contributed by atoms with Crippen molar-refractivity contribution in [2.75, 3.05) is 5.32 Å². The number of aromatic nitrogens is 5. The van der Waals surface area contributed by atoms with Crippen LogP contribution in [0.1, 0.15) is 47.9 Å². The van der Waals surface area contributed by atoms with E-state index in [9.17, 15) is 9.18 Å². The standard InChI is InChI=1S/C23H21FN6O/c1-14-27-19-8-7-16(10-20(19)30(14)17-4-2-3-5-17)22-18(24)12-26-23(29-22)28-21-9-6-15(13-31)11-25-21/h6-13,17H,2-5H2,1H3,(H,25,26,28,29). The number of anilines is 2. The number of halogens is 1. The Morgan fingerprint density at radius 1 is 1.10 bits per heavy atom. The Morgan fingerprint density at radius 2 is 1.94 bits per heavy atom. The molecule has 0 bridgehead atoms. The molecule has 8 heteroatoms. The van der Waals surface area contributed by atoms with Crippen LogP contribution in [0.4, 0.5) is 16.2 Å². The summed E-state index contributed by atoms with van der Waals surface area (Å²) in [5, 5.41) is 2.96. The molecule has 3 heterocycles. The number of carbonyl (C=O) groups is 1. The van der Waals surface area contributed by atoms with E-state index in [4.69, 9.17) is 4.98 Å². The number of carbonyl (C=O) groups excluding carboxylic acids is 1. The number of nitrogens with one attached hydrogen (secondary N) is 1. The second-order valence-electron chi connectivity index (χ2n) is 7.78. The minimum Gasteiger partial charge on any atom is -0.325 e. The summed E-state index contributed by atoms with van der Waals surface area (Å²) in [5.74, 6) is 1.17. The molecule has 7 nitrogen and oxygen atoms in total. The Balaban J connectivity index is 1.52. The van der Waals surface area contributed by atoms with Crippen LogP contribution in [0.25, 0.3) is 22.3 Å². The van der Waals surface area contributed by atoms with E-state index in [2.05, 4.69) is 24.8 Å². The molecule has 1 aliphatic rings. The Hall–Kier alpha value is -3.68. The summed E-state index contributed by atoms with van der Waals surface area (Å²) >= 11 is 0. The van der Waals surface area contributed by atoms with Gasteiger partial charge in [0.1, 0.15) is 17.3 Å². The van der Waals surface area contributed by atoms with Gasteiger partial charge in [-0.2, -0.15) is 0 Å². The van der Waals surface area contributed by atoms with Crippen LogP contribution in [0.3, 0.4) is 0 Å². The summed E-state index contributed by atoms with van der Waals surface area (Å²) in [4.78, 5) is 28.0. The van der Waals surface area contributed by atoms with Crippen molar-refractivity contribution in [3.8, 4) is 11.3 Å². The molecule has 1 fully saturated rings. The highest BCUT2D eigenvalue weighted by Crippen LogP contribution is 2.35. The van der Waals surface area contributed by atoms with Crippen LogP contribution in [-0.4, -0.2) is 30.8 Å². The van der Waals surface area contributed by atoms with Gasteiger partial charge in [-0.1, -0.05) is 18.9 Å². The van der Waals surface area contributed by atoms with Gasteiger partial charge in [0.25, 0.3) is 0 Å². The highest BCUT2D eigenvalue weighted by Gasteiger charge is 2.22. The molecule has 156 valence electrons. The third kappa shape index (κ3) is 3.65. The third-order valence-corrected chi connectivity index (χ3v) is 5.74. The molecular formula is C23H21FN6O. The summed E-state index contributed by atoms with van der Waals surface area (Å²) in [7, 11) is 0. The zero-order valence-corrected chi connectivity index (χ0v) is 17.0. The minimum absolute atomic E-state index is 0.209. The van der Waals surface area contributed by atoms with Crippen molar-refractivity contribution in [1.82, 2.24) is 24.5 Å². The van der Waals surface area contributed by atoms with Crippen molar-refractivity contribution < 1.29 is 9.18 Å². The van der Waals surface area contributed by atoms with Gasteiger partial charge in [-0.3, -0.25) is 4.79 Å². The molecule has 1 aromatic carbocycles. The maximum atomic E-state index is 14.7. The van der Waals surface area contributed by atoms with Crippen molar-refractivity contribution in [2.45, 2.75) is 38.6 Å². The van der Waals surface area contributed by atoms with Gasteiger partial charge in [0.2, 0.25) is 5.95 Å². The maximum Gasteiger partial charge on any atom is 0.229 e. The van der Waals surface area contributed by atoms with E-state index in [0.29, 0.717) is 23.0 Å². The molecule has 31 heavy (non-hydrogen) atoms. The van der Waals surface area contributed by atoms with Crippen LogP contribution in [0.15, 0.2) is 42.7 Å². The van der Waals surface area contributed by atoms with Crippen LogP contribution >= 0.6 is 0 Å². The molecular weight excluding hydrogens is 395 g/mol. The lowest BCUT2D eigenvalue weighted by molar-refractivity contribution is 0.112. The molecule has 0 atom stereocenters. The summed E-state index contributed by atoms with van der Waals surface area (Å²) in [6.07, 6.45) is 8.04. The first kappa shape index (κ1) is 19.3. The van der Waals surface area contributed by atoms with Crippen LogP contribution in [-0.2, 0) is 0 Å². The second kappa shape index (κ2) is 7.86. The fraction of sp³-hybridized carbons (Fsp3) is 0.261. The monoisotopic (exact) mass is 416 g/mol. The highest BCUT2D eigenvalue weighted by molar-refractivity contribution is 5.82. The van der Waals surface area contributed by atoms with Gasteiger partial charge in [0, 0.05) is 23.4 Å². The van der Waals surface area contributed by atoms with Gasteiger partial charge < -0.3 is 9.88 Å².